The second-order valence-electron chi connectivity index (χ2n) is 10.3. The summed E-state index contributed by atoms with van der Waals surface area (Å²) in [5, 5.41) is 19.9. The molecule has 4 rings (SSSR count). The standard InChI is InChI=1S/C26H28N6O8S2/c1-25(2,3)40-17(34)10-39-31-18(16-11-41-24(29-16)28-14-33)20(35)30-19-21(36)32-12-26(23(37)38,13-42-22(19)32)8-7-15-6-4-5-9-27-15/h4-9,11,14,19,22H,10,12-13H2,1-3H3,(H,30,35)(H,37,38)(H,28,29,33)/t19?,22-,26?/m1/s1. The molecule has 222 valence electrons. The number of hydrogen-bond donors (Lipinski definition) is 3. The minimum absolute atomic E-state index is 0.0375. The number of nitrogens with one attached hydrogen (secondary N) is 2. The van der Waals surface area contributed by atoms with E-state index < -0.39 is 52.8 Å². The van der Waals surface area contributed by atoms with Crippen LogP contribution in [0.5, 0.6) is 0 Å². The van der Waals surface area contributed by atoms with Gasteiger partial charge in [0.05, 0.1) is 5.69 Å². The van der Waals surface area contributed by atoms with Gasteiger partial charge >= 0.3 is 11.9 Å². The first kappa shape index (κ1) is 30.6. The Balaban J connectivity index is 1.46. The van der Waals surface area contributed by atoms with Gasteiger partial charge in [-0.25, -0.2) is 9.78 Å². The van der Waals surface area contributed by atoms with Crippen LogP contribution in [0.4, 0.5) is 5.13 Å². The Kier molecular flexibility index (Phi) is 9.26. The van der Waals surface area contributed by atoms with E-state index in [-0.39, 0.29) is 28.8 Å². The summed E-state index contributed by atoms with van der Waals surface area (Å²) in [5.74, 6) is -2.92. The van der Waals surface area contributed by atoms with Crippen LogP contribution in [-0.2, 0) is 33.5 Å². The average Bonchev–Trinajstić information content (AvgIpc) is 3.40. The zero-order valence-corrected chi connectivity index (χ0v) is 24.4. The van der Waals surface area contributed by atoms with Crippen molar-refractivity contribution in [1.82, 2.24) is 20.2 Å². The molecule has 2 saturated heterocycles. The van der Waals surface area contributed by atoms with Gasteiger partial charge in [-0.1, -0.05) is 17.3 Å². The largest absolute Gasteiger partial charge is 0.481 e. The maximum atomic E-state index is 13.3. The number of fused-ring (bicyclic) bond motifs is 1. The Bertz CT molecular complexity index is 1420. The molecule has 0 aliphatic carbocycles. The van der Waals surface area contributed by atoms with Gasteiger partial charge in [0, 0.05) is 23.9 Å². The number of thiazole rings is 1. The van der Waals surface area contributed by atoms with E-state index in [0.29, 0.717) is 12.1 Å². The molecule has 0 saturated carbocycles. The molecule has 14 nitrogen and oxygen atoms in total. The first-order valence-electron chi connectivity index (χ1n) is 12.6. The van der Waals surface area contributed by atoms with E-state index in [1.54, 1.807) is 57.3 Å². The van der Waals surface area contributed by atoms with Gasteiger partial charge < -0.3 is 30.2 Å². The van der Waals surface area contributed by atoms with Crippen LogP contribution >= 0.6 is 23.1 Å². The van der Waals surface area contributed by atoms with Crippen molar-refractivity contribution in [3.05, 3.63) is 47.2 Å². The average molecular weight is 617 g/mol. The van der Waals surface area contributed by atoms with Crippen LogP contribution in [0.3, 0.4) is 0 Å². The maximum Gasteiger partial charge on any atom is 0.347 e. The molecule has 3 atom stereocenters. The molecule has 2 fully saturated rings. The third kappa shape index (κ3) is 7.12. The van der Waals surface area contributed by atoms with Gasteiger partial charge in [-0.05, 0) is 39.0 Å². The minimum atomic E-state index is -1.34. The summed E-state index contributed by atoms with van der Waals surface area (Å²) in [4.78, 5) is 76.2. The van der Waals surface area contributed by atoms with Crippen molar-refractivity contribution in [3.8, 4) is 0 Å². The van der Waals surface area contributed by atoms with E-state index >= 15 is 0 Å². The highest BCUT2D eigenvalue weighted by atomic mass is 32.2. The number of nitrogens with zero attached hydrogens (tertiary/aromatic N) is 4. The van der Waals surface area contributed by atoms with Gasteiger partial charge in [-0.3, -0.25) is 24.2 Å². The summed E-state index contributed by atoms with van der Waals surface area (Å²) in [6, 6.07) is 4.30. The zero-order valence-electron chi connectivity index (χ0n) is 22.8. The molecule has 16 heteroatoms. The lowest BCUT2D eigenvalue weighted by molar-refractivity contribution is -0.160. The SMILES string of the molecule is CC(C)(C)OC(=O)CON=C(C(=O)NC1C(=O)N2CC(C=Cc3ccccn3)(C(=O)O)CS[C@H]12)c1csc(NC=O)n1. The number of oxime groups is 1. The van der Waals surface area contributed by atoms with Crippen molar-refractivity contribution < 1.29 is 38.7 Å². The lowest BCUT2D eigenvalue weighted by Crippen LogP contribution is -2.73. The summed E-state index contributed by atoms with van der Waals surface area (Å²) < 4.78 is 5.16. The number of carboxylic acids is 1. The third-order valence-electron chi connectivity index (χ3n) is 5.98. The van der Waals surface area contributed by atoms with Gasteiger partial charge in [0.2, 0.25) is 18.9 Å². The molecule has 3 N–H and O–H groups in total. The summed E-state index contributed by atoms with van der Waals surface area (Å²) in [6.07, 6.45) is 5.17. The Morgan fingerprint density at radius 2 is 2.10 bits per heavy atom. The zero-order chi connectivity index (χ0) is 30.5. The summed E-state index contributed by atoms with van der Waals surface area (Å²) in [6.45, 7) is 4.38. The maximum absolute atomic E-state index is 13.3. The Morgan fingerprint density at radius 3 is 2.76 bits per heavy atom. The van der Waals surface area contributed by atoms with Crippen LogP contribution < -0.4 is 10.6 Å². The molecule has 2 aliphatic rings. The van der Waals surface area contributed by atoms with Gasteiger partial charge in [0.25, 0.3) is 5.91 Å². The summed E-state index contributed by atoms with van der Waals surface area (Å²) >= 11 is 2.25. The van der Waals surface area contributed by atoms with Gasteiger partial charge in [0.15, 0.2) is 10.8 Å². The number of hydrogen-bond acceptors (Lipinski definition) is 12. The number of ether oxygens (including phenoxy) is 1. The van der Waals surface area contributed by atoms with E-state index in [2.05, 4.69) is 25.8 Å². The molecule has 42 heavy (non-hydrogen) atoms. The van der Waals surface area contributed by atoms with E-state index in [0.717, 1.165) is 11.3 Å². The fraction of sp³-hybridized carbons (Fsp3) is 0.385. The van der Waals surface area contributed by atoms with Gasteiger partial charge in [0.1, 0.15) is 28.1 Å². The molecule has 0 bridgehead atoms. The van der Waals surface area contributed by atoms with Crippen LogP contribution in [0.25, 0.3) is 6.08 Å². The molecule has 2 aliphatic heterocycles. The van der Waals surface area contributed by atoms with Crippen LogP contribution in [0.1, 0.15) is 32.2 Å². The lowest BCUT2D eigenvalue weighted by atomic mass is 9.86. The molecule has 4 heterocycles. The predicted molar refractivity (Wildman–Crippen MR) is 153 cm³/mol. The molecule has 2 aromatic rings. The topological polar surface area (TPSA) is 189 Å². The van der Waals surface area contributed by atoms with Crippen molar-refractivity contribution in [2.45, 2.75) is 37.8 Å². The number of aliphatic carboxylic acids is 1. The normalized spacial score (nSPS) is 22.1. The number of carbonyl (C=O) groups excluding carboxylic acids is 4. The van der Waals surface area contributed by atoms with Crippen LogP contribution in [0.15, 0.2) is 41.0 Å². The highest BCUT2D eigenvalue weighted by Crippen LogP contribution is 2.43. The van der Waals surface area contributed by atoms with Crippen molar-refractivity contribution in [2.24, 2.45) is 10.6 Å². The second kappa shape index (κ2) is 12.7. The van der Waals surface area contributed by atoms with Crippen molar-refractivity contribution in [2.75, 3.05) is 24.2 Å². The number of anilines is 1. The highest BCUT2D eigenvalue weighted by molar-refractivity contribution is 8.00. The first-order chi connectivity index (χ1) is 19.9. The predicted octanol–water partition coefficient (Wildman–Crippen LogP) is 1.35. The van der Waals surface area contributed by atoms with Gasteiger partial charge in [-0.15, -0.1) is 23.1 Å². The second-order valence-corrected chi connectivity index (χ2v) is 12.2. The number of carbonyl (C=O) groups is 5. The number of pyridine rings is 1. The van der Waals surface area contributed by atoms with Crippen molar-refractivity contribution in [3.63, 3.8) is 0 Å². The number of carboxylic acid groups (broad SMARTS) is 1. The number of rotatable bonds is 11. The number of esters is 1. The van der Waals surface area contributed by atoms with Gasteiger partial charge in [-0.2, -0.15) is 0 Å². The van der Waals surface area contributed by atoms with Crippen LogP contribution in [-0.4, -0.2) is 91.8 Å². The fourth-order valence-corrected chi connectivity index (χ4v) is 6.22. The molecule has 0 spiro atoms. The molecule has 2 unspecified atom stereocenters. The fourth-order valence-electron chi connectivity index (χ4n) is 4.05. The number of aromatic nitrogens is 2. The van der Waals surface area contributed by atoms with E-state index in [1.165, 1.54) is 22.0 Å². The number of β-lactam (4-membered cyclic amide) rings is 1. The van der Waals surface area contributed by atoms with Crippen molar-refractivity contribution in [1.29, 1.82) is 0 Å². The number of amides is 3. The number of thioether (sulfide) groups is 1. The summed E-state index contributed by atoms with van der Waals surface area (Å²) in [5.41, 5.74) is -1.81. The minimum Gasteiger partial charge on any atom is -0.481 e. The van der Waals surface area contributed by atoms with Crippen LogP contribution in [0, 0.1) is 5.41 Å². The molecular formula is C26H28N6O8S2. The smallest absolute Gasteiger partial charge is 0.347 e. The molecule has 0 radical (unpaired) electrons. The monoisotopic (exact) mass is 616 g/mol. The third-order valence-corrected chi connectivity index (χ3v) is 8.31. The first-order valence-corrected chi connectivity index (χ1v) is 14.5. The lowest BCUT2D eigenvalue weighted by Gasteiger charge is -2.53. The highest BCUT2D eigenvalue weighted by Gasteiger charge is 2.57. The Labute approximate surface area is 248 Å². The molecule has 2 aromatic heterocycles. The quantitative estimate of drug-likeness (QED) is 0.109. The Morgan fingerprint density at radius 1 is 1.31 bits per heavy atom. The summed E-state index contributed by atoms with van der Waals surface area (Å²) in [7, 11) is 0. The van der Waals surface area contributed by atoms with E-state index in [9.17, 15) is 29.1 Å². The molecular weight excluding hydrogens is 588 g/mol. The molecule has 3 amide bonds. The Hall–Kier alpha value is -4.31. The van der Waals surface area contributed by atoms with E-state index in [1.807, 2.05) is 0 Å². The van der Waals surface area contributed by atoms with Crippen LogP contribution in [0.2, 0.25) is 0 Å². The van der Waals surface area contributed by atoms with Crippen molar-refractivity contribution >= 4 is 70.2 Å². The molecule has 0 aromatic carbocycles. The van der Waals surface area contributed by atoms with E-state index in [4.69, 9.17) is 9.57 Å².